The van der Waals surface area contributed by atoms with E-state index in [1.807, 2.05) is 24.3 Å². The maximum absolute atomic E-state index is 11.7. The van der Waals surface area contributed by atoms with Crippen molar-refractivity contribution in [1.82, 2.24) is 9.62 Å². The second kappa shape index (κ2) is 7.63. The van der Waals surface area contributed by atoms with Gasteiger partial charge in [0.25, 0.3) is 0 Å². The second-order valence-electron chi connectivity index (χ2n) is 4.84. The van der Waals surface area contributed by atoms with Crippen LogP contribution in [0.15, 0.2) is 24.3 Å². The van der Waals surface area contributed by atoms with E-state index in [9.17, 15) is 13.2 Å². The van der Waals surface area contributed by atoms with E-state index in [2.05, 4.69) is 5.32 Å². The first-order chi connectivity index (χ1) is 9.47. The molecule has 2 rings (SSSR count). The van der Waals surface area contributed by atoms with Gasteiger partial charge in [0.1, 0.15) is 0 Å². The zero-order valence-electron chi connectivity index (χ0n) is 11.6. The lowest BCUT2D eigenvalue weighted by atomic mass is 10.1. The van der Waals surface area contributed by atoms with Gasteiger partial charge in [-0.2, -0.15) is 4.31 Å². The largest absolute Gasteiger partial charge is 0.399 e. The number of anilines is 1. The van der Waals surface area contributed by atoms with E-state index in [4.69, 9.17) is 5.73 Å². The first kappa shape index (κ1) is 17.7. The highest BCUT2D eigenvalue weighted by Crippen LogP contribution is 2.12. The molecule has 1 fully saturated rings. The standard InChI is InChI=1S/C13H19N3O3S.ClH/c14-12-4-2-11(3-5-12)6-7-15-13(17)10-16-8-1-9-20(16,18)19;/h2-5H,1,6-10,14H2,(H,15,17);1H. The Morgan fingerprint density at radius 3 is 2.52 bits per heavy atom. The first-order valence-electron chi connectivity index (χ1n) is 6.56. The van der Waals surface area contributed by atoms with Crippen molar-refractivity contribution in [2.45, 2.75) is 12.8 Å². The summed E-state index contributed by atoms with van der Waals surface area (Å²) in [5, 5.41) is 2.73. The number of hydrogen-bond donors (Lipinski definition) is 2. The number of nitrogens with one attached hydrogen (secondary N) is 1. The minimum Gasteiger partial charge on any atom is -0.399 e. The van der Waals surface area contributed by atoms with Gasteiger partial charge in [0.15, 0.2) is 0 Å². The molecule has 1 aliphatic heterocycles. The monoisotopic (exact) mass is 333 g/mol. The predicted octanol–water partition coefficient (Wildman–Crippen LogP) is 0.385. The lowest BCUT2D eigenvalue weighted by molar-refractivity contribution is -0.121. The molecule has 3 N–H and O–H groups in total. The van der Waals surface area contributed by atoms with Gasteiger partial charge in [-0.1, -0.05) is 12.1 Å². The summed E-state index contributed by atoms with van der Waals surface area (Å²) in [4.78, 5) is 11.7. The highest BCUT2D eigenvalue weighted by Gasteiger charge is 2.29. The summed E-state index contributed by atoms with van der Waals surface area (Å²) in [5.41, 5.74) is 7.37. The molecule has 0 saturated carbocycles. The van der Waals surface area contributed by atoms with Crippen LogP contribution in [0.1, 0.15) is 12.0 Å². The van der Waals surface area contributed by atoms with Gasteiger partial charge >= 0.3 is 0 Å². The third-order valence-electron chi connectivity index (χ3n) is 3.24. The molecule has 0 unspecified atom stereocenters. The fourth-order valence-electron chi connectivity index (χ4n) is 2.12. The lowest BCUT2D eigenvalue weighted by Crippen LogP contribution is -2.38. The van der Waals surface area contributed by atoms with Crippen molar-refractivity contribution in [3.63, 3.8) is 0 Å². The summed E-state index contributed by atoms with van der Waals surface area (Å²) >= 11 is 0. The van der Waals surface area contributed by atoms with Crippen LogP contribution in [0.25, 0.3) is 0 Å². The number of halogens is 1. The summed E-state index contributed by atoms with van der Waals surface area (Å²) in [7, 11) is -3.21. The third kappa shape index (κ3) is 5.18. The predicted molar refractivity (Wildman–Crippen MR) is 84.8 cm³/mol. The molecule has 21 heavy (non-hydrogen) atoms. The smallest absolute Gasteiger partial charge is 0.235 e. The Morgan fingerprint density at radius 2 is 1.95 bits per heavy atom. The van der Waals surface area contributed by atoms with E-state index in [0.29, 0.717) is 31.6 Å². The average molecular weight is 334 g/mol. The molecule has 118 valence electrons. The van der Waals surface area contributed by atoms with E-state index < -0.39 is 10.0 Å². The summed E-state index contributed by atoms with van der Waals surface area (Å²) < 4.78 is 24.4. The summed E-state index contributed by atoms with van der Waals surface area (Å²) in [6.45, 7) is 0.842. The molecule has 6 nitrogen and oxygen atoms in total. The third-order valence-corrected chi connectivity index (χ3v) is 5.14. The normalized spacial score (nSPS) is 17.1. The number of carbonyl (C=O) groups is 1. The Bertz CT molecular complexity index is 575. The average Bonchev–Trinajstić information content (AvgIpc) is 2.71. The zero-order chi connectivity index (χ0) is 14.6. The molecule has 1 heterocycles. The molecular weight excluding hydrogens is 314 g/mol. The molecule has 0 bridgehead atoms. The number of hydrogen-bond acceptors (Lipinski definition) is 4. The Labute approximate surface area is 131 Å². The molecule has 0 aliphatic carbocycles. The quantitative estimate of drug-likeness (QED) is 0.762. The number of sulfonamides is 1. The van der Waals surface area contributed by atoms with Gasteiger partial charge in [0, 0.05) is 18.8 Å². The van der Waals surface area contributed by atoms with Crippen LogP contribution in [-0.2, 0) is 21.2 Å². The van der Waals surface area contributed by atoms with Crippen molar-refractivity contribution in [3.8, 4) is 0 Å². The molecule has 1 amide bonds. The number of nitrogen functional groups attached to an aromatic ring is 1. The number of amides is 1. The molecule has 1 aromatic rings. The van der Waals surface area contributed by atoms with Gasteiger partial charge in [0.05, 0.1) is 12.3 Å². The van der Waals surface area contributed by atoms with Crippen LogP contribution in [0.4, 0.5) is 5.69 Å². The van der Waals surface area contributed by atoms with Crippen LogP contribution < -0.4 is 11.1 Å². The Hall–Kier alpha value is -1.31. The van der Waals surface area contributed by atoms with Crippen molar-refractivity contribution >= 4 is 34.0 Å². The summed E-state index contributed by atoms with van der Waals surface area (Å²) in [6.07, 6.45) is 1.29. The number of rotatable bonds is 5. The summed E-state index contributed by atoms with van der Waals surface area (Å²) in [6, 6.07) is 7.45. The lowest BCUT2D eigenvalue weighted by Gasteiger charge is -2.13. The maximum atomic E-state index is 11.7. The van der Waals surface area contributed by atoms with Crippen LogP contribution >= 0.6 is 12.4 Å². The van der Waals surface area contributed by atoms with Gasteiger partial charge in [0.2, 0.25) is 15.9 Å². The van der Waals surface area contributed by atoms with Crippen molar-refractivity contribution < 1.29 is 13.2 Å². The van der Waals surface area contributed by atoms with Gasteiger partial charge in [-0.05, 0) is 30.5 Å². The van der Waals surface area contributed by atoms with E-state index in [1.165, 1.54) is 4.31 Å². The molecular formula is C13H20ClN3O3S. The van der Waals surface area contributed by atoms with Crippen molar-refractivity contribution in [3.05, 3.63) is 29.8 Å². The molecule has 1 saturated heterocycles. The number of benzene rings is 1. The van der Waals surface area contributed by atoms with Crippen LogP contribution in [0.3, 0.4) is 0 Å². The first-order valence-corrected chi connectivity index (χ1v) is 8.17. The maximum Gasteiger partial charge on any atom is 0.235 e. The molecule has 0 radical (unpaired) electrons. The van der Waals surface area contributed by atoms with Crippen molar-refractivity contribution in [1.29, 1.82) is 0 Å². The topological polar surface area (TPSA) is 92.5 Å². The molecule has 0 spiro atoms. The number of nitrogens with zero attached hydrogens (tertiary/aromatic N) is 1. The van der Waals surface area contributed by atoms with Gasteiger partial charge in [-0.3, -0.25) is 4.79 Å². The highest BCUT2D eigenvalue weighted by atomic mass is 35.5. The van der Waals surface area contributed by atoms with E-state index in [-0.39, 0.29) is 30.6 Å². The Morgan fingerprint density at radius 1 is 1.29 bits per heavy atom. The number of carbonyl (C=O) groups excluding carboxylic acids is 1. The summed E-state index contributed by atoms with van der Waals surface area (Å²) in [5.74, 6) is -0.114. The van der Waals surface area contributed by atoms with Crippen LogP contribution in [-0.4, -0.2) is 44.0 Å². The Kier molecular flexibility index (Phi) is 6.44. The molecule has 0 atom stereocenters. The van der Waals surface area contributed by atoms with Gasteiger partial charge in [-0.25, -0.2) is 8.42 Å². The second-order valence-corrected chi connectivity index (χ2v) is 6.93. The minimum absolute atomic E-state index is 0. The van der Waals surface area contributed by atoms with Gasteiger partial charge in [-0.15, -0.1) is 12.4 Å². The van der Waals surface area contributed by atoms with E-state index >= 15 is 0 Å². The molecule has 0 aromatic heterocycles. The zero-order valence-corrected chi connectivity index (χ0v) is 13.3. The van der Waals surface area contributed by atoms with E-state index in [0.717, 1.165) is 5.56 Å². The molecule has 8 heteroatoms. The Balaban J connectivity index is 0.00000220. The van der Waals surface area contributed by atoms with Crippen molar-refractivity contribution in [2.24, 2.45) is 0 Å². The van der Waals surface area contributed by atoms with Crippen LogP contribution in [0.5, 0.6) is 0 Å². The molecule has 1 aromatic carbocycles. The fourth-order valence-corrected chi connectivity index (χ4v) is 3.59. The van der Waals surface area contributed by atoms with Crippen molar-refractivity contribution in [2.75, 3.05) is 31.1 Å². The van der Waals surface area contributed by atoms with E-state index in [1.54, 1.807) is 0 Å². The SMILES string of the molecule is Cl.Nc1ccc(CCNC(=O)CN2CCCS2(=O)=O)cc1. The van der Waals surface area contributed by atoms with Crippen LogP contribution in [0, 0.1) is 0 Å². The van der Waals surface area contributed by atoms with Crippen LogP contribution in [0.2, 0.25) is 0 Å². The fraction of sp³-hybridized carbons (Fsp3) is 0.462. The highest BCUT2D eigenvalue weighted by molar-refractivity contribution is 7.89. The van der Waals surface area contributed by atoms with Gasteiger partial charge < -0.3 is 11.1 Å². The molecule has 1 aliphatic rings. The number of nitrogens with two attached hydrogens (primary N) is 1. The minimum atomic E-state index is -3.21.